The van der Waals surface area contributed by atoms with Crippen molar-refractivity contribution in [3.05, 3.63) is 0 Å². The average molecular weight is 280 g/mol. The Morgan fingerprint density at radius 1 is 1.15 bits per heavy atom. The van der Waals surface area contributed by atoms with Crippen LogP contribution >= 0.6 is 0 Å². The molecular formula is C16H28N2O2. The quantitative estimate of drug-likeness (QED) is 0.761. The van der Waals surface area contributed by atoms with Gasteiger partial charge >= 0.3 is 6.09 Å². The monoisotopic (exact) mass is 280 g/mol. The van der Waals surface area contributed by atoms with Crippen molar-refractivity contribution in [2.45, 2.75) is 58.1 Å². The van der Waals surface area contributed by atoms with Crippen LogP contribution in [0.4, 0.5) is 4.79 Å². The van der Waals surface area contributed by atoms with Gasteiger partial charge in [0.15, 0.2) is 0 Å². The molecular weight excluding hydrogens is 252 g/mol. The molecule has 0 heterocycles. The first kappa shape index (κ1) is 14.2. The Balaban J connectivity index is 1.25. The summed E-state index contributed by atoms with van der Waals surface area (Å²) in [6.07, 6.45) is 5.13. The SMILES string of the molecule is CC(C)(C)OC(=O)NCCCNC1C2C3CCC(C3)C12. The fraction of sp³-hybridized carbons (Fsp3) is 0.938. The van der Waals surface area contributed by atoms with Crippen LogP contribution < -0.4 is 10.6 Å². The second kappa shape index (κ2) is 5.21. The van der Waals surface area contributed by atoms with Crippen LogP contribution in [0.1, 0.15) is 46.5 Å². The molecule has 0 spiro atoms. The van der Waals surface area contributed by atoms with Gasteiger partial charge in [0, 0.05) is 12.6 Å². The second-order valence-corrected chi connectivity index (χ2v) is 7.75. The number of hydrogen-bond donors (Lipinski definition) is 2. The number of hydrogen-bond acceptors (Lipinski definition) is 3. The summed E-state index contributed by atoms with van der Waals surface area (Å²) >= 11 is 0. The van der Waals surface area contributed by atoms with Gasteiger partial charge in [-0.05, 0) is 76.7 Å². The molecule has 2 bridgehead atoms. The molecule has 0 radical (unpaired) electrons. The van der Waals surface area contributed by atoms with Crippen molar-refractivity contribution in [1.82, 2.24) is 10.6 Å². The van der Waals surface area contributed by atoms with Gasteiger partial charge in [0.25, 0.3) is 0 Å². The Morgan fingerprint density at radius 3 is 2.40 bits per heavy atom. The Morgan fingerprint density at radius 2 is 1.80 bits per heavy atom. The minimum atomic E-state index is -0.410. The molecule has 0 aliphatic heterocycles. The third kappa shape index (κ3) is 2.95. The Labute approximate surface area is 122 Å². The zero-order valence-corrected chi connectivity index (χ0v) is 12.9. The molecule has 4 atom stereocenters. The molecule has 3 saturated carbocycles. The lowest BCUT2D eigenvalue weighted by Gasteiger charge is -2.19. The van der Waals surface area contributed by atoms with Gasteiger partial charge in [-0.1, -0.05) is 0 Å². The molecule has 2 N–H and O–H groups in total. The van der Waals surface area contributed by atoms with Crippen molar-refractivity contribution in [3.8, 4) is 0 Å². The number of alkyl carbamates (subject to hydrolysis) is 1. The highest BCUT2D eigenvalue weighted by molar-refractivity contribution is 5.67. The van der Waals surface area contributed by atoms with E-state index in [2.05, 4.69) is 10.6 Å². The van der Waals surface area contributed by atoms with Crippen LogP contribution in [0.3, 0.4) is 0 Å². The Kier molecular flexibility index (Phi) is 3.69. The molecule has 4 heteroatoms. The van der Waals surface area contributed by atoms with E-state index in [4.69, 9.17) is 4.74 Å². The predicted octanol–water partition coefficient (Wildman–Crippen LogP) is 2.54. The third-order valence-corrected chi connectivity index (χ3v) is 5.14. The highest BCUT2D eigenvalue weighted by Crippen LogP contribution is 2.65. The highest BCUT2D eigenvalue weighted by Gasteiger charge is 2.64. The minimum absolute atomic E-state index is 0.307. The van der Waals surface area contributed by atoms with Crippen LogP contribution in [0.25, 0.3) is 0 Å². The third-order valence-electron chi connectivity index (χ3n) is 5.14. The van der Waals surface area contributed by atoms with Crippen molar-refractivity contribution < 1.29 is 9.53 Å². The summed E-state index contributed by atoms with van der Waals surface area (Å²) in [6.45, 7) is 7.35. The van der Waals surface area contributed by atoms with E-state index in [0.29, 0.717) is 6.54 Å². The Hall–Kier alpha value is -0.770. The summed E-state index contributed by atoms with van der Waals surface area (Å²) in [5.41, 5.74) is -0.410. The maximum absolute atomic E-state index is 11.5. The first-order valence-electron chi connectivity index (χ1n) is 8.16. The van der Waals surface area contributed by atoms with Gasteiger partial charge in [0.1, 0.15) is 5.60 Å². The van der Waals surface area contributed by atoms with E-state index in [1.54, 1.807) is 0 Å². The first-order valence-corrected chi connectivity index (χ1v) is 8.16. The van der Waals surface area contributed by atoms with E-state index in [-0.39, 0.29) is 6.09 Å². The van der Waals surface area contributed by atoms with Gasteiger partial charge in [0.05, 0.1) is 0 Å². The second-order valence-electron chi connectivity index (χ2n) is 7.75. The summed E-state index contributed by atoms with van der Waals surface area (Å²) in [4.78, 5) is 11.5. The van der Waals surface area contributed by atoms with Crippen LogP contribution in [-0.2, 0) is 4.74 Å². The average Bonchev–Trinajstić information content (AvgIpc) is 2.74. The van der Waals surface area contributed by atoms with Crippen LogP contribution in [0.5, 0.6) is 0 Å². The lowest BCUT2D eigenvalue weighted by atomic mass is 10.0. The molecule has 0 aromatic heterocycles. The maximum atomic E-state index is 11.5. The summed E-state index contributed by atoms with van der Waals surface area (Å²) < 4.78 is 5.20. The lowest BCUT2D eigenvalue weighted by Crippen LogP contribution is -2.34. The molecule has 4 unspecified atom stereocenters. The number of amides is 1. The number of nitrogens with one attached hydrogen (secondary N) is 2. The molecule has 4 nitrogen and oxygen atoms in total. The van der Waals surface area contributed by atoms with E-state index >= 15 is 0 Å². The van der Waals surface area contributed by atoms with Crippen LogP contribution in [0.2, 0.25) is 0 Å². The van der Waals surface area contributed by atoms with E-state index in [1.165, 1.54) is 19.3 Å². The number of ether oxygens (including phenoxy) is 1. The van der Waals surface area contributed by atoms with Crippen molar-refractivity contribution in [3.63, 3.8) is 0 Å². The lowest BCUT2D eigenvalue weighted by molar-refractivity contribution is 0.0527. The number of fused-ring (bicyclic) bond motifs is 5. The van der Waals surface area contributed by atoms with Gasteiger partial charge in [-0.3, -0.25) is 0 Å². The molecule has 0 aromatic rings. The summed E-state index contributed by atoms with van der Waals surface area (Å²) in [7, 11) is 0. The molecule has 3 fully saturated rings. The van der Waals surface area contributed by atoms with Crippen molar-refractivity contribution in [1.29, 1.82) is 0 Å². The molecule has 1 amide bonds. The van der Waals surface area contributed by atoms with Gasteiger partial charge in [-0.15, -0.1) is 0 Å². The zero-order valence-electron chi connectivity index (χ0n) is 12.9. The van der Waals surface area contributed by atoms with E-state index in [1.807, 2.05) is 20.8 Å². The fourth-order valence-corrected chi connectivity index (χ4v) is 4.46. The zero-order chi connectivity index (χ0) is 14.3. The van der Waals surface area contributed by atoms with E-state index in [0.717, 1.165) is 42.7 Å². The van der Waals surface area contributed by atoms with Gasteiger partial charge < -0.3 is 15.4 Å². The van der Waals surface area contributed by atoms with Crippen molar-refractivity contribution in [2.75, 3.05) is 13.1 Å². The standard InChI is InChI=1S/C16H28N2O2/c1-16(2,3)20-15(19)18-8-4-7-17-14-12-10-5-6-11(9-10)13(12)14/h10-14,17H,4-9H2,1-3H3,(H,18,19). The molecule has 3 aliphatic rings. The largest absolute Gasteiger partial charge is 0.444 e. The normalized spacial score (nSPS) is 37.6. The highest BCUT2D eigenvalue weighted by atomic mass is 16.6. The number of rotatable bonds is 5. The van der Waals surface area contributed by atoms with Crippen LogP contribution in [0, 0.1) is 23.7 Å². The number of carbonyl (C=O) groups excluding carboxylic acids is 1. The first-order chi connectivity index (χ1) is 9.46. The molecule has 0 saturated heterocycles. The fourth-order valence-electron chi connectivity index (χ4n) is 4.46. The van der Waals surface area contributed by atoms with Crippen LogP contribution in [0.15, 0.2) is 0 Å². The summed E-state index contributed by atoms with van der Waals surface area (Å²) in [5.74, 6) is 4.05. The Bertz CT molecular complexity index is 361. The molecule has 20 heavy (non-hydrogen) atoms. The topological polar surface area (TPSA) is 50.4 Å². The van der Waals surface area contributed by atoms with Crippen molar-refractivity contribution >= 4 is 6.09 Å². The van der Waals surface area contributed by atoms with Gasteiger partial charge in [-0.25, -0.2) is 4.79 Å². The van der Waals surface area contributed by atoms with Gasteiger partial charge in [0.2, 0.25) is 0 Å². The molecule has 0 aromatic carbocycles. The minimum Gasteiger partial charge on any atom is -0.444 e. The van der Waals surface area contributed by atoms with E-state index < -0.39 is 5.60 Å². The molecule has 3 aliphatic carbocycles. The van der Waals surface area contributed by atoms with Crippen molar-refractivity contribution in [2.24, 2.45) is 23.7 Å². The predicted molar refractivity (Wildman–Crippen MR) is 78.5 cm³/mol. The van der Waals surface area contributed by atoms with Crippen LogP contribution in [-0.4, -0.2) is 30.8 Å². The van der Waals surface area contributed by atoms with Gasteiger partial charge in [-0.2, -0.15) is 0 Å². The maximum Gasteiger partial charge on any atom is 0.407 e. The smallest absolute Gasteiger partial charge is 0.407 e. The molecule has 3 rings (SSSR count). The molecule has 114 valence electrons. The number of carbonyl (C=O) groups is 1. The summed E-state index contributed by atoms with van der Waals surface area (Å²) in [5, 5.41) is 6.50. The summed E-state index contributed by atoms with van der Waals surface area (Å²) in [6, 6.07) is 0.794. The van der Waals surface area contributed by atoms with E-state index in [9.17, 15) is 4.79 Å².